The monoisotopic (exact) mass is 388 g/mol. The fraction of sp³-hybridized carbons (Fsp3) is 1.00. The standard InChI is InChI=1S/C14H31O6P3/c1-4-7-10-13-22(16)18-21(15,12-9-6-3)19-23(17,20-22)14-11-8-5-2/h4-14H2,1-3H3. The van der Waals surface area contributed by atoms with Crippen molar-refractivity contribution in [1.82, 2.24) is 0 Å². The van der Waals surface area contributed by atoms with E-state index >= 15 is 0 Å². The van der Waals surface area contributed by atoms with Crippen molar-refractivity contribution in [3.05, 3.63) is 0 Å². The van der Waals surface area contributed by atoms with Crippen LogP contribution in [0.5, 0.6) is 0 Å². The SMILES string of the molecule is CCCCCP1(=O)OP(=O)(CCCC)OP(=O)(CCCCC)O1. The molecule has 1 saturated heterocycles. The van der Waals surface area contributed by atoms with Gasteiger partial charge in [-0.3, -0.25) is 13.7 Å². The Hall–Kier alpha value is 0.570. The van der Waals surface area contributed by atoms with Crippen molar-refractivity contribution in [2.24, 2.45) is 0 Å². The summed E-state index contributed by atoms with van der Waals surface area (Å²) in [4.78, 5) is 0. The minimum absolute atomic E-state index is 0.141. The van der Waals surface area contributed by atoms with Gasteiger partial charge in [-0.05, 0) is 19.3 Å². The second kappa shape index (κ2) is 9.90. The maximum absolute atomic E-state index is 12.9. The van der Waals surface area contributed by atoms with Gasteiger partial charge in [-0.15, -0.1) is 0 Å². The molecule has 0 aromatic carbocycles. The first-order valence-corrected chi connectivity index (χ1v) is 13.9. The lowest BCUT2D eigenvalue weighted by Crippen LogP contribution is -2.11. The average molecular weight is 388 g/mol. The molecule has 0 amide bonds. The van der Waals surface area contributed by atoms with Crippen LogP contribution in [0.2, 0.25) is 0 Å². The maximum Gasteiger partial charge on any atom is 0.345 e. The molecular weight excluding hydrogens is 357 g/mol. The maximum atomic E-state index is 12.9. The molecular formula is C14H31O6P3. The van der Waals surface area contributed by atoms with Gasteiger partial charge in [0.2, 0.25) is 0 Å². The quantitative estimate of drug-likeness (QED) is 0.286. The van der Waals surface area contributed by atoms with Gasteiger partial charge in [-0.1, -0.05) is 52.9 Å². The molecule has 0 aromatic rings. The molecule has 2 unspecified atom stereocenters. The molecule has 1 rings (SSSR count). The Morgan fingerprint density at radius 3 is 1.13 bits per heavy atom. The molecule has 0 spiro atoms. The van der Waals surface area contributed by atoms with E-state index in [0.29, 0.717) is 19.3 Å². The van der Waals surface area contributed by atoms with Crippen molar-refractivity contribution in [3.63, 3.8) is 0 Å². The lowest BCUT2D eigenvalue weighted by atomic mass is 10.3. The Balaban J connectivity index is 2.88. The Morgan fingerprint density at radius 2 is 0.826 bits per heavy atom. The van der Waals surface area contributed by atoms with Gasteiger partial charge in [-0.25, -0.2) is 12.9 Å². The van der Waals surface area contributed by atoms with Crippen LogP contribution in [0, 0.1) is 0 Å². The van der Waals surface area contributed by atoms with Crippen LogP contribution in [0.1, 0.15) is 72.1 Å². The molecule has 1 fully saturated rings. The molecule has 2 atom stereocenters. The topological polar surface area (TPSA) is 78.9 Å². The van der Waals surface area contributed by atoms with E-state index in [9.17, 15) is 13.7 Å². The first kappa shape index (κ1) is 21.6. The van der Waals surface area contributed by atoms with Crippen LogP contribution in [0.15, 0.2) is 0 Å². The normalized spacial score (nSPS) is 34.6. The van der Waals surface area contributed by atoms with Gasteiger partial charge in [0.1, 0.15) is 0 Å². The van der Waals surface area contributed by atoms with Crippen molar-refractivity contribution in [3.8, 4) is 0 Å². The zero-order valence-electron chi connectivity index (χ0n) is 14.6. The van der Waals surface area contributed by atoms with E-state index < -0.39 is 22.8 Å². The molecule has 23 heavy (non-hydrogen) atoms. The molecule has 1 aliphatic heterocycles. The van der Waals surface area contributed by atoms with E-state index in [-0.39, 0.29) is 18.5 Å². The molecule has 1 heterocycles. The number of hydrogen-bond donors (Lipinski definition) is 0. The molecule has 0 N–H and O–H groups in total. The highest BCUT2D eigenvalue weighted by Gasteiger charge is 2.51. The zero-order valence-corrected chi connectivity index (χ0v) is 17.3. The minimum Gasteiger partial charge on any atom is -0.259 e. The van der Waals surface area contributed by atoms with Gasteiger partial charge in [-0.2, -0.15) is 0 Å². The second-order valence-electron chi connectivity index (χ2n) is 6.02. The van der Waals surface area contributed by atoms with Gasteiger partial charge in [0.15, 0.2) is 0 Å². The van der Waals surface area contributed by atoms with Crippen LogP contribution in [0.3, 0.4) is 0 Å². The van der Waals surface area contributed by atoms with Crippen LogP contribution in [0.25, 0.3) is 0 Å². The molecule has 0 radical (unpaired) electrons. The number of rotatable bonds is 11. The summed E-state index contributed by atoms with van der Waals surface area (Å²) in [7, 11) is -10.9. The Labute approximate surface area is 140 Å². The fourth-order valence-electron chi connectivity index (χ4n) is 2.32. The van der Waals surface area contributed by atoms with Gasteiger partial charge < -0.3 is 0 Å². The van der Waals surface area contributed by atoms with Crippen LogP contribution in [-0.2, 0) is 26.6 Å². The smallest absolute Gasteiger partial charge is 0.259 e. The summed E-state index contributed by atoms with van der Waals surface area (Å²) < 4.78 is 54.5. The third kappa shape index (κ3) is 7.55. The van der Waals surface area contributed by atoms with E-state index in [0.717, 1.165) is 32.1 Å². The minimum atomic E-state index is -3.63. The summed E-state index contributed by atoms with van der Waals surface area (Å²) in [6.45, 7) is 6.01. The largest absolute Gasteiger partial charge is 0.345 e. The van der Waals surface area contributed by atoms with Crippen LogP contribution in [-0.4, -0.2) is 18.5 Å². The average Bonchev–Trinajstić information content (AvgIpc) is 2.44. The van der Waals surface area contributed by atoms with Gasteiger partial charge in [0.25, 0.3) is 0 Å². The first-order chi connectivity index (χ1) is 10.8. The molecule has 0 aromatic heterocycles. The summed E-state index contributed by atoms with van der Waals surface area (Å²) >= 11 is 0. The van der Waals surface area contributed by atoms with Crippen molar-refractivity contribution in [2.75, 3.05) is 18.5 Å². The summed E-state index contributed by atoms with van der Waals surface area (Å²) in [5.74, 6) is 0. The molecule has 138 valence electrons. The molecule has 0 saturated carbocycles. The predicted octanol–water partition coefficient (Wildman–Crippen LogP) is 6.81. The van der Waals surface area contributed by atoms with E-state index in [1.54, 1.807) is 0 Å². The lowest BCUT2D eigenvalue weighted by Gasteiger charge is -2.34. The summed E-state index contributed by atoms with van der Waals surface area (Å²) in [5, 5.41) is 0. The molecule has 0 aliphatic carbocycles. The van der Waals surface area contributed by atoms with Crippen molar-refractivity contribution >= 4 is 22.8 Å². The van der Waals surface area contributed by atoms with Crippen LogP contribution >= 0.6 is 22.8 Å². The molecule has 0 bridgehead atoms. The molecule has 9 heteroatoms. The van der Waals surface area contributed by atoms with Crippen molar-refractivity contribution in [1.29, 1.82) is 0 Å². The Kier molecular flexibility index (Phi) is 9.30. The van der Waals surface area contributed by atoms with E-state index in [4.69, 9.17) is 12.9 Å². The van der Waals surface area contributed by atoms with E-state index in [1.165, 1.54) is 0 Å². The summed E-state index contributed by atoms with van der Waals surface area (Å²) in [6, 6.07) is 0. The van der Waals surface area contributed by atoms with Gasteiger partial charge in [0, 0.05) is 0 Å². The number of hydrogen-bond acceptors (Lipinski definition) is 6. The van der Waals surface area contributed by atoms with E-state index in [1.807, 2.05) is 20.8 Å². The first-order valence-electron chi connectivity index (χ1n) is 8.71. The van der Waals surface area contributed by atoms with E-state index in [2.05, 4.69) is 0 Å². The highest BCUT2D eigenvalue weighted by molar-refractivity contribution is 7.80. The highest BCUT2D eigenvalue weighted by Crippen LogP contribution is 2.82. The number of unbranched alkanes of at least 4 members (excludes halogenated alkanes) is 5. The second-order valence-corrected chi connectivity index (χ2v) is 13.0. The Morgan fingerprint density at radius 1 is 0.522 bits per heavy atom. The Bertz CT molecular complexity index is 457. The third-order valence-corrected chi connectivity index (χ3v) is 12.2. The summed E-state index contributed by atoms with van der Waals surface area (Å²) in [5.41, 5.74) is 0. The molecule has 6 nitrogen and oxygen atoms in total. The van der Waals surface area contributed by atoms with Crippen molar-refractivity contribution < 1.29 is 26.6 Å². The molecule has 1 aliphatic rings. The lowest BCUT2D eigenvalue weighted by molar-refractivity contribution is 0.275. The summed E-state index contributed by atoms with van der Waals surface area (Å²) in [6.07, 6.45) is 6.79. The van der Waals surface area contributed by atoms with Crippen molar-refractivity contribution in [2.45, 2.75) is 72.1 Å². The third-order valence-electron chi connectivity index (χ3n) is 3.60. The van der Waals surface area contributed by atoms with Gasteiger partial charge in [0.05, 0.1) is 18.5 Å². The fourth-order valence-corrected chi connectivity index (χ4v) is 11.9. The van der Waals surface area contributed by atoms with Gasteiger partial charge >= 0.3 is 22.8 Å². The van der Waals surface area contributed by atoms with Crippen LogP contribution < -0.4 is 0 Å². The zero-order chi connectivity index (χ0) is 17.4. The highest BCUT2D eigenvalue weighted by atomic mass is 31.3. The van der Waals surface area contributed by atoms with Crippen LogP contribution in [0.4, 0.5) is 0 Å². The predicted molar refractivity (Wildman–Crippen MR) is 94.6 cm³/mol.